The minimum absolute atomic E-state index is 0.0462. The molecule has 0 N–H and O–H groups in total. The molecule has 0 aromatic heterocycles. The minimum atomic E-state index is -1.19. The van der Waals surface area contributed by atoms with Gasteiger partial charge in [-0.2, -0.15) is 4.99 Å². The molecular formula is C14H16N2O7S2. The fourth-order valence-corrected chi connectivity index (χ4v) is 2.48. The summed E-state index contributed by atoms with van der Waals surface area (Å²) in [7, 11) is 0. The Morgan fingerprint density at radius 2 is 1.44 bits per heavy atom. The highest BCUT2D eigenvalue weighted by Crippen LogP contribution is 2.29. The lowest BCUT2D eigenvalue weighted by atomic mass is 9.97. The highest BCUT2D eigenvalue weighted by Gasteiger charge is 2.51. The summed E-state index contributed by atoms with van der Waals surface area (Å²) in [5.41, 5.74) is 0. The Morgan fingerprint density at radius 1 is 0.920 bits per heavy atom. The van der Waals surface area contributed by atoms with Crippen LogP contribution in [0.1, 0.15) is 20.8 Å². The molecule has 1 aliphatic rings. The molecule has 0 aliphatic carbocycles. The van der Waals surface area contributed by atoms with Gasteiger partial charge >= 0.3 is 17.9 Å². The van der Waals surface area contributed by atoms with Crippen molar-refractivity contribution in [3.05, 3.63) is 0 Å². The van der Waals surface area contributed by atoms with Crippen LogP contribution in [0.4, 0.5) is 0 Å². The van der Waals surface area contributed by atoms with E-state index in [9.17, 15) is 14.4 Å². The second-order valence-corrected chi connectivity index (χ2v) is 5.30. The smallest absolute Gasteiger partial charge is 0.303 e. The number of rotatable bonds is 6. The maximum atomic E-state index is 11.5. The molecule has 0 amide bonds. The lowest BCUT2D eigenvalue weighted by Crippen LogP contribution is -2.61. The van der Waals surface area contributed by atoms with Gasteiger partial charge in [-0.1, -0.05) is 0 Å². The molecule has 0 bridgehead atoms. The lowest BCUT2D eigenvalue weighted by Gasteiger charge is -2.42. The largest absolute Gasteiger partial charge is 0.456 e. The van der Waals surface area contributed by atoms with Crippen molar-refractivity contribution in [3.8, 4) is 0 Å². The van der Waals surface area contributed by atoms with Crippen molar-refractivity contribution in [1.29, 1.82) is 0 Å². The Bertz CT molecular complexity index is 629. The molecule has 0 spiro atoms. The molecule has 1 rings (SSSR count). The van der Waals surface area contributed by atoms with Crippen molar-refractivity contribution < 1.29 is 33.3 Å². The van der Waals surface area contributed by atoms with Crippen LogP contribution in [-0.2, 0) is 33.3 Å². The Balaban J connectivity index is 3.32. The molecule has 25 heavy (non-hydrogen) atoms. The molecule has 1 aliphatic heterocycles. The third-order valence-corrected chi connectivity index (χ3v) is 3.27. The first-order valence-corrected chi connectivity index (χ1v) is 7.89. The molecule has 0 saturated carbocycles. The molecule has 1 heterocycles. The quantitative estimate of drug-likeness (QED) is 0.281. The standard InChI is InChI=1S/C14H16N2O7S2/c1-7(17)20-11-10(4-15-5-24)23-14(16-6-25)13(22-9(3)19)12(11)21-8(2)18/h10-14H,4H2,1-3H3/t10-,11-,12+,13+,14+/m1/s1. The van der Waals surface area contributed by atoms with Crippen LogP contribution in [0, 0.1) is 0 Å². The zero-order chi connectivity index (χ0) is 19.0. The van der Waals surface area contributed by atoms with E-state index in [1.807, 2.05) is 0 Å². The van der Waals surface area contributed by atoms with Gasteiger partial charge in [0.2, 0.25) is 0 Å². The second kappa shape index (κ2) is 10.1. The van der Waals surface area contributed by atoms with Crippen LogP contribution in [0.15, 0.2) is 9.98 Å². The van der Waals surface area contributed by atoms with Crippen LogP contribution in [0.5, 0.6) is 0 Å². The fraction of sp³-hybridized carbons (Fsp3) is 0.643. The average Bonchev–Trinajstić information content (AvgIpc) is 2.50. The number of esters is 3. The van der Waals surface area contributed by atoms with E-state index >= 15 is 0 Å². The molecule has 5 atom stereocenters. The van der Waals surface area contributed by atoms with Crippen LogP contribution in [0.3, 0.4) is 0 Å². The predicted molar refractivity (Wildman–Crippen MR) is 90.2 cm³/mol. The third kappa shape index (κ3) is 6.41. The van der Waals surface area contributed by atoms with Gasteiger partial charge in [0.05, 0.1) is 16.9 Å². The fourth-order valence-electron chi connectivity index (χ4n) is 2.30. The van der Waals surface area contributed by atoms with Gasteiger partial charge in [-0.15, -0.1) is 0 Å². The van der Waals surface area contributed by atoms with E-state index in [0.29, 0.717) is 0 Å². The van der Waals surface area contributed by atoms with Gasteiger partial charge in [0, 0.05) is 20.8 Å². The number of isothiocyanates is 2. The number of carbonyl (C=O) groups is 3. The van der Waals surface area contributed by atoms with E-state index in [4.69, 9.17) is 18.9 Å². The molecule has 0 aromatic carbocycles. The van der Waals surface area contributed by atoms with Crippen LogP contribution in [-0.4, -0.2) is 65.4 Å². The van der Waals surface area contributed by atoms with Gasteiger partial charge in [-0.05, 0) is 24.4 Å². The SMILES string of the molecule is CC(=O)O[C@H]1[C@H](OC(C)=O)[C@@H](CN=C=S)O[C@H](N=C=S)[C@H]1OC(C)=O. The van der Waals surface area contributed by atoms with Gasteiger partial charge < -0.3 is 18.9 Å². The monoisotopic (exact) mass is 388 g/mol. The molecule has 1 saturated heterocycles. The number of hydrogen-bond acceptors (Lipinski definition) is 11. The van der Waals surface area contributed by atoms with Gasteiger partial charge in [-0.3, -0.25) is 14.4 Å². The molecule has 9 nitrogen and oxygen atoms in total. The first-order valence-electron chi connectivity index (χ1n) is 7.07. The highest BCUT2D eigenvalue weighted by atomic mass is 32.1. The van der Waals surface area contributed by atoms with Crippen molar-refractivity contribution >= 4 is 52.7 Å². The van der Waals surface area contributed by atoms with E-state index in [1.54, 1.807) is 0 Å². The summed E-state index contributed by atoms with van der Waals surface area (Å²) in [6, 6.07) is 0. The first-order chi connectivity index (χ1) is 11.8. The topological polar surface area (TPSA) is 113 Å². The minimum Gasteiger partial charge on any atom is -0.456 e. The Hall–Kier alpha value is -2.03. The average molecular weight is 388 g/mol. The van der Waals surface area contributed by atoms with Gasteiger partial charge in [0.1, 0.15) is 6.10 Å². The Labute approximate surface area is 154 Å². The predicted octanol–water partition coefficient (Wildman–Crippen LogP) is 0.712. The molecule has 11 heteroatoms. The number of aliphatic imine (C=N–C) groups is 2. The zero-order valence-corrected chi connectivity index (χ0v) is 15.3. The number of ether oxygens (including phenoxy) is 4. The molecule has 0 radical (unpaired) electrons. The van der Waals surface area contributed by atoms with Gasteiger partial charge in [0.15, 0.2) is 24.5 Å². The summed E-state index contributed by atoms with van der Waals surface area (Å²) in [5.74, 6) is -2.00. The molecular weight excluding hydrogens is 372 g/mol. The van der Waals surface area contributed by atoms with E-state index in [-0.39, 0.29) is 6.54 Å². The first kappa shape index (κ1) is 21.0. The normalized spacial score (nSPS) is 27.9. The third-order valence-electron chi connectivity index (χ3n) is 3.03. The summed E-state index contributed by atoms with van der Waals surface area (Å²) >= 11 is 9.09. The Morgan fingerprint density at radius 3 is 1.92 bits per heavy atom. The van der Waals surface area contributed by atoms with Crippen LogP contribution < -0.4 is 0 Å². The summed E-state index contributed by atoms with van der Waals surface area (Å²) in [6.07, 6.45) is -5.47. The molecule has 136 valence electrons. The number of nitrogens with zero attached hydrogens (tertiary/aromatic N) is 2. The summed E-state index contributed by atoms with van der Waals surface area (Å²) in [6.45, 7) is 3.45. The molecule has 0 aromatic rings. The summed E-state index contributed by atoms with van der Waals surface area (Å²) in [4.78, 5) is 41.9. The lowest BCUT2D eigenvalue weighted by molar-refractivity contribution is -0.243. The molecule has 1 fully saturated rings. The van der Waals surface area contributed by atoms with Crippen LogP contribution in [0.25, 0.3) is 0 Å². The van der Waals surface area contributed by atoms with E-state index in [2.05, 4.69) is 44.7 Å². The maximum Gasteiger partial charge on any atom is 0.303 e. The second-order valence-electron chi connectivity index (χ2n) is 4.94. The van der Waals surface area contributed by atoms with Crippen molar-refractivity contribution in [3.63, 3.8) is 0 Å². The van der Waals surface area contributed by atoms with Gasteiger partial charge in [0.25, 0.3) is 0 Å². The van der Waals surface area contributed by atoms with Crippen molar-refractivity contribution in [2.75, 3.05) is 6.54 Å². The zero-order valence-electron chi connectivity index (χ0n) is 13.7. The highest BCUT2D eigenvalue weighted by molar-refractivity contribution is 7.78. The summed E-state index contributed by atoms with van der Waals surface area (Å²) < 4.78 is 21.2. The van der Waals surface area contributed by atoms with Crippen molar-refractivity contribution in [2.24, 2.45) is 9.98 Å². The summed E-state index contributed by atoms with van der Waals surface area (Å²) in [5, 5.41) is 4.29. The Kier molecular flexibility index (Phi) is 8.47. The number of thiocarbonyl (C=S) groups is 2. The van der Waals surface area contributed by atoms with Crippen LogP contribution >= 0.6 is 24.4 Å². The maximum absolute atomic E-state index is 11.5. The van der Waals surface area contributed by atoms with Crippen molar-refractivity contribution in [2.45, 2.75) is 51.4 Å². The van der Waals surface area contributed by atoms with E-state index in [0.717, 1.165) is 13.8 Å². The van der Waals surface area contributed by atoms with E-state index < -0.39 is 48.6 Å². The van der Waals surface area contributed by atoms with Gasteiger partial charge in [-0.25, -0.2) is 4.99 Å². The molecule has 0 unspecified atom stereocenters. The number of hydrogen-bond donors (Lipinski definition) is 0. The number of carbonyl (C=O) groups excluding carboxylic acids is 3. The van der Waals surface area contributed by atoms with E-state index in [1.165, 1.54) is 6.92 Å². The van der Waals surface area contributed by atoms with Crippen LogP contribution in [0.2, 0.25) is 0 Å². The van der Waals surface area contributed by atoms with Crippen molar-refractivity contribution in [1.82, 2.24) is 0 Å².